The quantitative estimate of drug-likeness (QED) is 0.835. The molecular weight excluding hydrogens is 258 g/mol. The van der Waals surface area contributed by atoms with Gasteiger partial charge in [0.05, 0.1) is 0 Å². The summed E-state index contributed by atoms with van der Waals surface area (Å²) in [5.74, 6) is 0.823. The highest BCUT2D eigenvalue weighted by Crippen LogP contribution is 2.34. The molecule has 1 unspecified atom stereocenters. The first-order valence-electron chi connectivity index (χ1n) is 7.38. The predicted octanol–water partition coefficient (Wildman–Crippen LogP) is 1.86. The number of aliphatic hydroxyl groups excluding tert-OH is 1. The fourth-order valence-electron chi connectivity index (χ4n) is 3.01. The summed E-state index contributed by atoms with van der Waals surface area (Å²) in [7, 11) is 0. The van der Waals surface area contributed by atoms with Crippen LogP contribution < -0.4 is 10.2 Å². The molecule has 2 aliphatic rings. The second-order valence-corrected chi connectivity index (χ2v) is 6.57. The van der Waals surface area contributed by atoms with Crippen LogP contribution >= 0.6 is 11.3 Å². The first kappa shape index (κ1) is 13.3. The fraction of sp³-hybridized carbons (Fsp3) is 0.786. The minimum Gasteiger partial charge on any atom is -0.396 e. The van der Waals surface area contributed by atoms with Crippen LogP contribution in [0.1, 0.15) is 32.1 Å². The van der Waals surface area contributed by atoms with E-state index in [2.05, 4.69) is 15.2 Å². The van der Waals surface area contributed by atoms with Crippen molar-refractivity contribution in [3.8, 4) is 0 Å². The lowest BCUT2D eigenvalue weighted by Crippen LogP contribution is -2.47. The van der Waals surface area contributed by atoms with Crippen molar-refractivity contribution in [1.29, 1.82) is 0 Å². The van der Waals surface area contributed by atoms with E-state index >= 15 is 0 Å². The van der Waals surface area contributed by atoms with Crippen LogP contribution in [-0.4, -0.2) is 41.9 Å². The van der Waals surface area contributed by atoms with Gasteiger partial charge < -0.3 is 15.3 Å². The van der Waals surface area contributed by atoms with Crippen LogP contribution in [-0.2, 0) is 0 Å². The fourth-order valence-corrected chi connectivity index (χ4v) is 3.70. The Hall–Kier alpha value is -0.650. The molecule has 3 rings (SSSR count). The first-order valence-corrected chi connectivity index (χ1v) is 8.26. The van der Waals surface area contributed by atoms with E-state index in [0.717, 1.165) is 30.6 Å². The molecule has 5 heteroatoms. The van der Waals surface area contributed by atoms with Crippen molar-refractivity contribution < 1.29 is 5.11 Å². The molecule has 0 amide bonds. The number of hydrogen-bond acceptors (Lipinski definition) is 5. The maximum Gasteiger partial charge on any atom is 0.185 e. The first-order chi connectivity index (χ1) is 9.36. The van der Waals surface area contributed by atoms with Gasteiger partial charge in [-0.1, -0.05) is 0 Å². The Balaban J connectivity index is 1.47. The third-order valence-corrected chi connectivity index (χ3v) is 5.10. The van der Waals surface area contributed by atoms with Crippen LogP contribution in [0.25, 0.3) is 0 Å². The number of thiazole rings is 1. The molecule has 1 aliphatic carbocycles. The minimum atomic E-state index is 0.312. The minimum absolute atomic E-state index is 0.312. The van der Waals surface area contributed by atoms with Gasteiger partial charge in [-0.2, -0.15) is 0 Å². The van der Waals surface area contributed by atoms with Crippen molar-refractivity contribution in [3.05, 3.63) is 11.6 Å². The summed E-state index contributed by atoms with van der Waals surface area (Å²) in [5.41, 5.74) is 0. The Kier molecular flexibility index (Phi) is 4.35. The van der Waals surface area contributed by atoms with Crippen molar-refractivity contribution in [3.63, 3.8) is 0 Å². The number of piperidine rings is 1. The van der Waals surface area contributed by atoms with Crippen molar-refractivity contribution in [2.75, 3.05) is 24.6 Å². The van der Waals surface area contributed by atoms with E-state index in [4.69, 9.17) is 5.11 Å². The van der Waals surface area contributed by atoms with E-state index in [-0.39, 0.29) is 0 Å². The van der Waals surface area contributed by atoms with Gasteiger partial charge in [-0.05, 0) is 38.0 Å². The monoisotopic (exact) mass is 281 g/mol. The Morgan fingerprint density at radius 2 is 2.16 bits per heavy atom. The maximum absolute atomic E-state index is 9.15. The van der Waals surface area contributed by atoms with Crippen molar-refractivity contribution in [2.24, 2.45) is 5.92 Å². The summed E-state index contributed by atoms with van der Waals surface area (Å²) < 4.78 is 0. The molecule has 1 saturated carbocycles. The predicted molar refractivity (Wildman–Crippen MR) is 78.7 cm³/mol. The molecule has 0 bridgehead atoms. The van der Waals surface area contributed by atoms with Gasteiger partial charge in [-0.3, -0.25) is 0 Å². The summed E-state index contributed by atoms with van der Waals surface area (Å²) >= 11 is 1.73. The SMILES string of the molecule is OCCC(NC1CCN(c2nccs2)CC1)C1CC1. The largest absolute Gasteiger partial charge is 0.396 e. The summed E-state index contributed by atoms with van der Waals surface area (Å²) in [6.45, 7) is 2.51. The molecule has 2 heterocycles. The summed E-state index contributed by atoms with van der Waals surface area (Å²) in [6, 6.07) is 1.16. The molecular formula is C14H23N3OS. The Morgan fingerprint density at radius 1 is 1.37 bits per heavy atom. The highest BCUT2D eigenvalue weighted by Gasteiger charge is 2.32. The third-order valence-electron chi connectivity index (χ3n) is 4.27. The topological polar surface area (TPSA) is 48.4 Å². The molecule has 0 radical (unpaired) electrons. The Bertz CT molecular complexity index is 372. The molecule has 1 aliphatic heterocycles. The van der Waals surface area contributed by atoms with E-state index < -0.39 is 0 Å². The number of aliphatic hydroxyl groups is 1. The lowest BCUT2D eigenvalue weighted by Gasteiger charge is -2.34. The number of rotatable bonds is 6. The molecule has 1 saturated heterocycles. The number of anilines is 1. The maximum atomic E-state index is 9.15. The highest BCUT2D eigenvalue weighted by atomic mass is 32.1. The van der Waals surface area contributed by atoms with Gasteiger partial charge in [0.2, 0.25) is 0 Å². The van der Waals surface area contributed by atoms with Crippen LogP contribution in [0.4, 0.5) is 5.13 Å². The summed E-state index contributed by atoms with van der Waals surface area (Å²) in [4.78, 5) is 6.77. The van der Waals surface area contributed by atoms with Crippen LogP contribution in [0.15, 0.2) is 11.6 Å². The van der Waals surface area contributed by atoms with Crippen molar-refractivity contribution in [1.82, 2.24) is 10.3 Å². The van der Waals surface area contributed by atoms with E-state index in [9.17, 15) is 0 Å². The van der Waals surface area contributed by atoms with Gasteiger partial charge in [0.25, 0.3) is 0 Å². The van der Waals surface area contributed by atoms with Gasteiger partial charge in [-0.25, -0.2) is 4.98 Å². The number of nitrogens with zero attached hydrogens (tertiary/aromatic N) is 2. The van der Waals surface area contributed by atoms with Gasteiger partial charge in [-0.15, -0.1) is 11.3 Å². The molecule has 1 aromatic heterocycles. The average molecular weight is 281 g/mol. The van der Waals surface area contributed by atoms with Crippen LogP contribution in [0.5, 0.6) is 0 Å². The van der Waals surface area contributed by atoms with Crippen molar-refractivity contribution in [2.45, 2.75) is 44.2 Å². The van der Waals surface area contributed by atoms with E-state index in [0.29, 0.717) is 18.7 Å². The molecule has 0 spiro atoms. The van der Waals surface area contributed by atoms with E-state index in [1.807, 2.05) is 11.6 Å². The smallest absolute Gasteiger partial charge is 0.185 e. The van der Waals surface area contributed by atoms with Gasteiger partial charge in [0.15, 0.2) is 5.13 Å². The van der Waals surface area contributed by atoms with Gasteiger partial charge >= 0.3 is 0 Å². The number of aromatic nitrogens is 1. The summed E-state index contributed by atoms with van der Waals surface area (Å²) in [6.07, 6.45) is 7.86. The van der Waals surface area contributed by atoms with Crippen LogP contribution in [0.2, 0.25) is 0 Å². The standard InChI is InChI=1S/C14H23N3OS/c18-9-5-13(11-1-2-11)16-12-3-7-17(8-4-12)14-15-6-10-19-14/h6,10-13,16,18H,1-5,7-9H2. The summed E-state index contributed by atoms with van der Waals surface area (Å²) in [5, 5.41) is 16.1. The second-order valence-electron chi connectivity index (χ2n) is 5.70. The van der Waals surface area contributed by atoms with E-state index in [1.165, 1.54) is 25.7 Å². The molecule has 1 aromatic rings. The zero-order valence-electron chi connectivity index (χ0n) is 11.3. The van der Waals surface area contributed by atoms with E-state index in [1.54, 1.807) is 11.3 Å². The van der Waals surface area contributed by atoms with Gasteiger partial charge in [0.1, 0.15) is 0 Å². The normalized spacial score (nSPS) is 22.7. The highest BCUT2D eigenvalue weighted by molar-refractivity contribution is 7.13. The lowest BCUT2D eigenvalue weighted by molar-refractivity contribution is 0.241. The molecule has 0 aromatic carbocycles. The van der Waals surface area contributed by atoms with Gasteiger partial charge in [0, 0.05) is 43.4 Å². The van der Waals surface area contributed by atoms with Crippen molar-refractivity contribution >= 4 is 16.5 Å². The Morgan fingerprint density at radius 3 is 2.74 bits per heavy atom. The molecule has 106 valence electrons. The molecule has 19 heavy (non-hydrogen) atoms. The molecule has 1 atom stereocenters. The van der Waals surface area contributed by atoms with Crippen LogP contribution in [0.3, 0.4) is 0 Å². The second kappa shape index (κ2) is 6.20. The van der Waals surface area contributed by atoms with Crippen LogP contribution in [0, 0.1) is 5.92 Å². The zero-order valence-corrected chi connectivity index (χ0v) is 12.1. The Labute approximate surface area is 118 Å². The number of hydrogen-bond donors (Lipinski definition) is 2. The molecule has 2 N–H and O–H groups in total. The zero-order chi connectivity index (χ0) is 13.1. The molecule has 4 nitrogen and oxygen atoms in total. The lowest BCUT2D eigenvalue weighted by atomic mass is 10.0. The number of nitrogens with one attached hydrogen (secondary N) is 1. The molecule has 2 fully saturated rings. The third kappa shape index (κ3) is 3.46. The average Bonchev–Trinajstić information content (AvgIpc) is 3.14.